The summed E-state index contributed by atoms with van der Waals surface area (Å²) in [6.45, 7) is 3.68. The fraction of sp³-hybridized carbons (Fsp3) is 0.250. The lowest BCUT2D eigenvalue weighted by molar-refractivity contribution is -0.385. The van der Waals surface area contributed by atoms with E-state index in [1.807, 2.05) is 0 Å². The molecule has 0 radical (unpaired) electrons. The molecule has 0 bridgehead atoms. The predicted octanol–water partition coefficient (Wildman–Crippen LogP) is 3.42. The van der Waals surface area contributed by atoms with E-state index >= 15 is 0 Å². The molecule has 7 nitrogen and oxygen atoms in total. The molecular weight excluding hydrogens is 385 g/mol. The van der Waals surface area contributed by atoms with Crippen LogP contribution < -0.4 is 10.5 Å². The van der Waals surface area contributed by atoms with Gasteiger partial charge in [-0.05, 0) is 17.7 Å². The monoisotopic (exact) mass is 401 g/mol. The van der Waals surface area contributed by atoms with Crippen molar-refractivity contribution in [3.8, 4) is 0 Å². The standard InChI is InChI=1S/C16H17ClFN3O4S/c1-16(2,13-4-3-5-14(17)15(13)18)9-20-10-6-11(21(22)23)8-12(7-10)26(19,24)25/h3-8,20H,9H2,1-2H3,(H2,19,24,25). The van der Waals surface area contributed by atoms with Crippen molar-refractivity contribution in [1.82, 2.24) is 0 Å². The van der Waals surface area contributed by atoms with Crippen molar-refractivity contribution in [1.29, 1.82) is 0 Å². The summed E-state index contributed by atoms with van der Waals surface area (Å²) in [6.07, 6.45) is 0. The van der Waals surface area contributed by atoms with Gasteiger partial charge in [-0.3, -0.25) is 10.1 Å². The van der Waals surface area contributed by atoms with Gasteiger partial charge >= 0.3 is 0 Å². The molecule has 0 aromatic heterocycles. The molecule has 0 saturated carbocycles. The van der Waals surface area contributed by atoms with Gasteiger partial charge in [-0.1, -0.05) is 37.6 Å². The Morgan fingerprint density at radius 2 is 1.96 bits per heavy atom. The molecule has 0 fully saturated rings. The van der Waals surface area contributed by atoms with Crippen LogP contribution in [0.25, 0.3) is 0 Å². The van der Waals surface area contributed by atoms with E-state index in [9.17, 15) is 22.9 Å². The molecule has 0 aliphatic heterocycles. The van der Waals surface area contributed by atoms with E-state index in [1.54, 1.807) is 26.0 Å². The zero-order valence-corrected chi connectivity index (χ0v) is 15.6. The predicted molar refractivity (Wildman–Crippen MR) is 97.4 cm³/mol. The van der Waals surface area contributed by atoms with Crippen LogP contribution in [-0.2, 0) is 15.4 Å². The first kappa shape index (κ1) is 20.1. The average Bonchev–Trinajstić information content (AvgIpc) is 2.54. The van der Waals surface area contributed by atoms with Crippen LogP contribution in [0.15, 0.2) is 41.3 Å². The lowest BCUT2D eigenvalue weighted by Crippen LogP contribution is -2.29. The zero-order chi connectivity index (χ0) is 19.7. The first-order valence-electron chi connectivity index (χ1n) is 7.42. The van der Waals surface area contributed by atoms with E-state index in [0.29, 0.717) is 5.56 Å². The Labute approximate surface area is 155 Å². The number of non-ortho nitro benzene ring substituents is 1. The molecular formula is C16H17ClFN3O4S. The van der Waals surface area contributed by atoms with Gasteiger partial charge in [-0.25, -0.2) is 17.9 Å². The fourth-order valence-corrected chi connectivity index (χ4v) is 3.15. The number of nitrogens with one attached hydrogen (secondary N) is 1. The summed E-state index contributed by atoms with van der Waals surface area (Å²) < 4.78 is 37.3. The van der Waals surface area contributed by atoms with Crippen LogP contribution in [0, 0.1) is 15.9 Å². The van der Waals surface area contributed by atoms with Crippen LogP contribution in [0.3, 0.4) is 0 Å². The number of halogens is 2. The second kappa shape index (κ2) is 7.18. The molecule has 2 aromatic carbocycles. The van der Waals surface area contributed by atoms with Crippen molar-refractivity contribution in [3.63, 3.8) is 0 Å². The third-order valence-electron chi connectivity index (χ3n) is 3.85. The van der Waals surface area contributed by atoms with Crippen molar-refractivity contribution in [3.05, 3.63) is 62.9 Å². The first-order valence-corrected chi connectivity index (χ1v) is 9.35. The van der Waals surface area contributed by atoms with E-state index in [1.165, 1.54) is 18.2 Å². The minimum absolute atomic E-state index is 0.0116. The Balaban J connectivity index is 2.35. The number of rotatable bonds is 6. The Hall–Kier alpha value is -2.23. The number of nitrogens with zero attached hydrogens (tertiary/aromatic N) is 1. The maximum absolute atomic E-state index is 14.3. The lowest BCUT2D eigenvalue weighted by atomic mass is 9.84. The maximum Gasteiger partial charge on any atom is 0.272 e. The molecule has 0 atom stereocenters. The van der Waals surface area contributed by atoms with Gasteiger partial charge in [-0.15, -0.1) is 0 Å². The highest BCUT2D eigenvalue weighted by molar-refractivity contribution is 7.89. The van der Waals surface area contributed by atoms with Gasteiger partial charge in [-0.2, -0.15) is 0 Å². The smallest absolute Gasteiger partial charge is 0.272 e. The van der Waals surface area contributed by atoms with Gasteiger partial charge in [0.1, 0.15) is 5.82 Å². The van der Waals surface area contributed by atoms with Gasteiger partial charge in [0.25, 0.3) is 5.69 Å². The molecule has 0 heterocycles. The van der Waals surface area contributed by atoms with Gasteiger partial charge in [0, 0.05) is 29.8 Å². The normalized spacial score (nSPS) is 12.0. The highest BCUT2D eigenvalue weighted by Gasteiger charge is 2.26. The highest BCUT2D eigenvalue weighted by Crippen LogP contribution is 2.31. The Bertz CT molecular complexity index is 964. The first-order chi connectivity index (χ1) is 11.9. The molecule has 0 unspecified atom stereocenters. The molecule has 26 heavy (non-hydrogen) atoms. The second-order valence-electron chi connectivity index (χ2n) is 6.36. The van der Waals surface area contributed by atoms with Gasteiger partial charge in [0.2, 0.25) is 10.0 Å². The van der Waals surface area contributed by atoms with Crippen LogP contribution >= 0.6 is 11.6 Å². The molecule has 0 saturated heterocycles. The minimum Gasteiger partial charge on any atom is -0.384 e. The summed E-state index contributed by atoms with van der Waals surface area (Å²) in [5.74, 6) is -0.551. The molecule has 2 rings (SSSR count). The molecule has 140 valence electrons. The lowest BCUT2D eigenvalue weighted by Gasteiger charge is -2.27. The number of benzene rings is 2. The maximum atomic E-state index is 14.3. The van der Waals surface area contributed by atoms with Crippen molar-refractivity contribution >= 4 is 33.0 Å². The van der Waals surface area contributed by atoms with Crippen LogP contribution in [0.2, 0.25) is 5.02 Å². The Kier molecular flexibility index (Phi) is 5.55. The van der Waals surface area contributed by atoms with Gasteiger partial charge in [0.05, 0.1) is 14.8 Å². The quantitative estimate of drug-likeness (QED) is 0.568. The van der Waals surface area contributed by atoms with Crippen molar-refractivity contribution in [2.45, 2.75) is 24.2 Å². The number of nitro groups is 1. The number of hydrogen-bond donors (Lipinski definition) is 2. The van der Waals surface area contributed by atoms with Crippen molar-refractivity contribution < 1.29 is 17.7 Å². The third-order valence-corrected chi connectivity index (χ3v) is 5.03. The number of sulfonamides is 1. The molecule has 0 amide bonds. The summed E-state index contributed by atoms with van der Waals surface area (Å²) in [5.41, 5.74) is -0.624. The third kappa shape index (κ3) is 4.48. The number of hydrogen-bond acceptors (Lipinski definition) is 5. The molecule has 0 spiro atoms. The summed E-state index contributed by atoms with van der Waals surface area (Å²) in [5, 5.41) is 19.0. The molecule has 0 aliphatic rings. The summed E-state index contributed by atoms with van der Waals surface area (Å²) in [7, 11) is -4.12. The second-order valence-corrected chi connectivity index (χ2v) is 8.33. The number of nitrogens with two attached hydrogens (primary N) is 1. The molecule has 0 aliphatic carbocycles. The molecule has 3 N–H and O–H groups in total. The van der Waals surface area contributed by atoms with Crippen LogP contribution in [-0.4, -0.2) is 19.9 Å². The van der Waals surface area contributed by atoms with E-state index in [2.05, 4.69) is 5.32 Å². The fourth-order valence-electron chi connectivity index (χ4n) is 2.40. The van der Waals surface area contributed by atoms with Crippen molar-refractivity contribution in [2.24, 2.45) is 5.14 Å². The summed E-state index contributed by atoms with van der Waals surface area (Å²) >= 11 is 5.81. The van der Waals surface area contributed by atoms with Crippen LogP contribution in [0.1, 0.15) is 19.4 Å². The number of primary sulfonamides is 1. The Morgan fingerprint density at radius 1 is 1.31 bits per heavy atom. The van der Waals surface area contributed by atoms with Gasteiger partial charge < -0.3 is 5.32 Å². The summed E-state index contributed by atoms with van der Waals surface area (Å²) in [4.78, 5) is 9.91. The van der Waals surface area contributed by atoms with Gasteiger partial charge in [0.15, 0.2) is 0 Å². The van der Waals surface area contributed by atoms with E-state index in [-0.39, 0.29) is 22.2 Å². The van der Waals surface area contributed by atoms with Crippen LogP contribution in [0.4, 0.5) is 15.8 Å². The number of anilines is 1. The molecule has 2 aromatic rings. The van der Waals surface area contributed by atoms with Crippen LogP contribution in [0.5, 0.6) is 0 Å². The Morgan fingerprint density at radius 3 is 2.54 bits per heavy atom. The summed E-state index contributed by atoms with van der Waals surface area (Å²) in [6, 6.07) is 7.89. The van der Waals surface area contributed by atoms with E-state index in [0.717, 1.165) is 6.07 Å². The largest absolute Gasteiger partial charge is 0.384 e. The molecule has 10 heteroatoms. The average molecular weight is 402 g/mol. The minimum atomic E-state index is -4.12. The SMILES string of the molecule is CC(C)(CNc1cc([N+](=O)[O-])cc(S(N)(=O)=O)c1)c1cccc(Cl)c1F. The van der Waals surface area contributed by atoms with Crippen molar-refractivity contribution in [2.75, 3.05) is 11.9 Å². The zero-order valence-electron chi connectivity index (χ0n) is 14.0. The topological polar surface area (TPSA) is 115 Å². The van der Waals surface area contributed by atoms with E-state index in [4.69, 9.17) is 16.7 Å². The highest BCUT2D eigenvalue weighted by atomic mass is 35.5. The number of nitro benzene ring substituents is 1. The van der Waals surface area contributed by atoms with E-state index < -0.39 is 31.9 Å².